The molecule has 0 aromatic carbocycles. The zero-order valence-electron chi connectivity index (χ0n) is 7.54. The van der Waals surface area contributed by atoms with Crippen molar-refractivity contribution in [3.63, 3.8) is 0 Å². The molecular weight excluding hydrogens is 218 g/mol. The van der Waals surface area contributed by atoms with Crippen LogP contribution < -0.4 is 5.32 Å². The third-order valence-corrected chi connectivity index (χ3v) is 3.50. The fourth-order valence-corrected chi connectivity index (χ4v) is 2.21. The molecule has 2 unspecified atom stereocenters. The second-order valence-corrected chi connectivity index (χ2v) is 4.37. The number of aliphatic hydroxyl groups excluding tert-OH is 1. The summed E-state index contributed by atoms with van der Waals surface area (Å²) >= 11 is 0. The molecular formula is C5H13NO7S. The van der Waals surface area contributed by atoms with Crippen LogP contribution in [0.3, 0.4) is 0 Å². The zero-order valence-corrected chi connectivity index (χ0v) is 8.35. The van der Waals surface area contributed by atoms with Gasteiger partial charge in [0.05, 0.1) is 6.10 Å². The van der Waals surface area contributed by atoms with Gasteiger partial charge in [-0.15, -0.1) is 0 Å². The molecule has 0 radical (unpaired) electrons. The minimum absolute atomic E-state index is 0.849. The fraction of sp³-hybridized carbons (Fsp3) is 1.00. The monoisotopic (exact) mass is 231 g/mol. The predicted octanol–water partition coefficient (Wildman–Crippen LogP) is -3.20. The number of hydrogen-bond donors (Lipinski definition) is 6. The van der Waals surface area contributed by atoms with Crippen molar-refractivity contribution in [1.29, 1.82) is 0 Å². The number of rotatable bonds is 4. The minimum atomic E-state index is -5.14. The normalized spacial score (nSPS) is 20.2. The van der Waals surface area contributed by atoms with Gasteiger partial charge >= 0.3 is 5.97 Å². The molecule has 0 spiro atoms. The largest absolute Gasteiger partial charge is 0.390 e. The van der Waals surface area contributed by atoms with E-state index in [9.17, 15) is 8.42 Å². The Bertz CT molecular complexity index is 292. The molecule has 0 fully saturated rings. The number of aliphatic hydroxyl groups is 4. The summed E-state index contributed by atoms with van der Waals surface area (Å²) in [6.45, 7) is 0.849. The molecule has 0 heterocycles. The van der Waals surface area contributed by atoms with Crippen molar-refractivity contribution in [3.05, 3.63) is 0 Å². The molecule has 6 N–H and O–H groups in total. The standard InChI is InChI=1S/C5H13NO7S/c1-3(7)4(6-2,5(8,9)10)14(11,12)13/h3,6-10H,1-2H3,(H,11,12,13). The van der Waals surface area contributed by atoms with E-state index in [2.05, 4.69) is 0 Å². The Morgan fingerprint density at radius 1 is 1.29 bits per heavy atom. The van der Waals surface area contributed by atoms with Crippen LogP contribution >= 0.6 is 0 Å². The lowest BCUT2D eigenvalue weighted by atomic mass is 10.1. The highest BCUT2D eigenvalue weighted by Crippen LogP contribution is 2.27. The summed E-state index contributed by atoms with van der Waals surface area (Å²) in [7, 11) is -4.23. The van der Waals surface area contributed by atoms with Crippen molar-refractivity contribution in [2.75, 3.05) is 7.05 Å². The predicted molar refractivity (Wildman–Crippen MR) is 44.4 cm³/mol. The zero-order chi connectivity index (χ0) is 11.8. The van der Waals surface area contributed by atoms with E-state index in [0.29, 0.717) is 0 Å². The van der Waals surface area contributed by atoms with Gasteiger partial charge in [-0.25, -0.2) is 0 Å². The summed E-state index contributed by atoms with van der Waals surface area (Å²) in [6.07, 6.45) is -1.97. The van der Waals surface area contributed by atoms with Gasteiger partial charge in [0.15, 0.2) is 0 Å². The maximum atomic E-state index is 10.8. The third kappa shape index (κ3) is 1.88. The SMILES string of the molecule is CNC(C(C)O)(C(O)(O)O)S(=O)(=O)O. The van der Waals surface area contributed by atoms with Gasteiger partial charge in [0.2, 0.25) is 0 Å². The molecule has 0 aliphatic heterocycles. The molecule has 0 rings (SSSR count). The smallest absolute Gasteiger partial charge is 0.315 e. The average Bonchev–Trinajstić information content (AvgIpc) is 1.80. The van der Waals surface area contributed by atoms with Gasteiger partial charge in [0.25, 0.3) is 15.0 Å². The molecule has 8 nitrogen and oxygen atoms in total. The van der Waals surface area contributed by atoms with Crippen molar-refractivity contribution in [1.82, 2.24) is 5.32 Å². The van der Waals surface area contributed by atoms with Crippen LogP contribution in [0.2, 0.25) is 0 Å². The van der Waals surface area contributed by atoms with E-state index >= 15 is 0 Å². The Kier molecular flexibility index (Phi) is 3.62. The summed E-state index contributed by atoms with van der Waals surface area (Å²) in [6, 6.07) is 0. The van der Waals surface area contributed by atoms with Crippen LogP contribution in [0.25, 0.3) is 0 Å². The van der Waals surface area contributed by atoms with Crippen LogP contribution in [-0.2, 0) is 10.1 Å². The first-order valence-electron chi connectivity index (χ1n) is 3.52. The van der Waals surface area contributed by atoms with E-state index < -0.39 is 27.1 Å². The maximum Gasteiger partial charge on any atom is 0.315 e. The first kappa shape index (κ1) is 13.7. The lowest BCUT2D eigenvalue weighted by Crippen LogP contribution is -2.71. The number of hydrogen-bond acceptors (Lipinski definition) is 7. The van der Waals surface area contributed by atoms with E-state index in [4.69, 9.17) is 25.0 Å². The fourth-order valence-electron chi connectivity index (χ4n) is 1.17. The highest BCUT2D eigenvalue weighted by Gasteiger charge is 2.61. The van der Waals surface area contributed by atoms with Gasteiger partial charge in [-0.2, -0.15) is 8.42 Å². The molecule has 0 bridgehead atoms. The number of likely N-dealkylation sites (N-methyl/N-ethyl adjacent to an activating group) is 1. The lowest BCUT2D eigenvalue weighted by molar-refractivity contribution is -0.346. The molecule has 0 aromatic rings. The van der Waals surface area contributed by atoms with Gasteiger partial charge < -0.3 is 20.4 Å². The van der Waals surface area contributed by atoms with Gasteiger partial charge in [0.1, 0.15) is 0 Å². The molecule has 0 aliphatic carbocycles. The second kappa shape index (κ2) is 3.70. The van der Waals surface area contributed by atoms with Crippen LogP contribution in [-0.4, -0.2) is 57.4 Å². The molecule has 14 heavy (non-hydrogen) atoms. The van der Waals surface area contributed by atoms with Gasteiger partial charge in [0, 0.05) is 0 Å². The highest BCUT2D eigenvalue weighted by molar-refractivity contribution is 7.87. The van der Waals surface area contributed by atoms with Gasteiger partial charge in [-0.3, -0.25) is 9.87 Å². The summed E-state index contributed by atoms with van der Waals surface area (Å²) in [5.74, 6) is -3.83. The Morgan fingerprint density at radius 3 is 1.64 bits per heavy atom. The topological polar surface area (TPSA) is 147 Å². The van der Waals surface area contributed by atoms with Crippen LogP contribution in [0, 0.1) is 0 Å². The molecule has 2 atom stereocenters. The van der Waals surface area contributed by atoms with Gasteiger partial charge in [-0.05, 0) is 14.0 Å². The van der Waals surface area contributed by atoms with Crippen LogP contribution in [0.5, 0.6) is 0 Å². The molecule has 0 amide bonds. The van der Waals surface area contributed by atoms with E-state index in [0.717, 1.165) is 14.0 Å². The average molecular weight is 231 g/mol. The first-order chi connectivity index (χ1) is 6.00. The highest BCUT2D eigenvalue weighted by atomic mass is 32.2. The van der Waals surface area contributed by atoms with E-state index in [1.807, 2.05) is 0 Å². The first-order valence-corrected chi connectivity index (χ1v) is 4.96. The Labute approximate surface area is 80.6 Å². The van der Waals surface area contributed by atoms with Crippen LogP contribution in [0.15, 0.2) is 0 Å². The summed E-state index contributed by atoms with van der Waals surface area (Å²) in [5.41, 5.74) is 0. The van der Waals surface area contributed by atoms with Crippen molar-refractivity contribution in [2.45, 2.75) is 23.9 Å². The quantitative estimate of drug-likeness (QED) is 0.219. The van der Waals surface area contributed by atoms with Crippen LogP contribution in [0.1, 0.15) is 6.92 Å². The van der Waals surface area contributed by atoms with Gasteiger partial charge in [-0.1, -0.05) is 0 Å². The molecule has 0 saturated carbocycles. The Balaban J connectivity index is 5.71. The molecule has 0 saturated heterocycles. The summed E-state index contributed by atoms with van der Waals surface area (Å²) < 4.78 is 30.4. The number of nitrogens with one attached hydrogen (secondary N) is 1. The maximum absolute atomic E-state index is 10.8. The molecule has 86 valence electrons. The Hall–Kier alpha value is -0.290. The summed E-state index contributed by atoms with van der Waals surface area (Å²) in [4.78, 5) is -3.08. The molecule has 0 aromatic heterocycles. The van der Waals surface area contributed by atoms with Crippen molar-refractivity contribution < 1.29 is 33.4 Å². The third-order valence-electron chi connectivity index (χ3n) is 1.86. The molecule has 9 heteroatoms. The lowest BCUT2D eigenvalue weighted by Gasteiger charge is -2.38. The van der Waals surface area contributed by atoms with Crippen molar-refractivity contribution >= 4 is 10.1 Å². The van der Waals surface area contributed by atoms with E-state index in [-0.39, 0.29) is 0 Å². The molecule has 0 aliphatic rings. The van der Waals surface area contributed by atoms with Crippen molar-refractivity contribution in [3.8, 4) is 0 Å². The van der Waals surface area contributed by atoms with Crippen molar-refractivity contribution in [2.24, 2.45) is 0 Å². The minimum Gasteiger partial charge on any atom is -0.390 e. The summed E-state index contributed by atoms with van der Waals surface area (Å²) in [5, 5.41) is 37.2. The second-order valence-electron chi connectivity index (χ2n) is 2.77. The Morgan fingerprint density at radius 2 is 1.64 bits per heavy atom. The van der Waals surface area contributed by atoms with Crippen LogP contribution in [0.4, 0.5) is 0 Å². The van der Waals surface area contributed by atoms with E-state index in [1.54, 1.807) is 5.32 Å². The van der Waals surface area contributed by atoms with E-state index in [1.165, 1.54) is 0 Å².